The van der Waals surface area contributed by atoms with Crippen LogP contribution in [-0.2, 0) is 6.42 Å². The Balaban J connectivity index is 2.60. The van der Waals surface area contributed by atoms with E-state index in [4.69, 9.17) is 5.73 Å². The highest BCUT2D eigenvalue weighted by atomic mass is 14.6. The molecule has 1 atom stereocenters. The molecule has 12 heavy (non-hydrogen) atoms. The largest absolute Gasteiger partial charge is 0.324 e. The summed E-state index contributed by atoms with van der Waals surface area (Å²) in [5, 5.41) is 0. The Morgan fingerprint density at radius 2 is 2.08 bits per heavy atom. The van der Waals surface area contributed by atoms with Gasteiger partial charge >= 0.3 is 0 Å². The van der Waals surface area contributed by atoms with Gasteiger partial charge in [0.15, 0.2) is 0 Å². The van der Waals surface area contributed by atoms with Gasteiger partial charge < -0.3 is 5.73 Å². The highest BCUT2D eigenvalue weighted by Gasteiger charge is 2.20. The van der Waals surface area contributed by atoms with Crippen molar-refractivity contribution in [1.29, 1.82) is 0 Å². The summed E-state index contributed by atoms with van der Waals surface area (Å²) < 4.78 is 0. The summed E-state index contributed by atoms with van der Waals surface area (Å²) in [5.41, 5.74) is 11.6. The molecular formula is C11H15N. The normalized spacial score (nSPS) is 21.1. The molecule has 0 bridgehead atoms. The molecule has 0 unspecified atom stereocenters. The van der Waals surface area contributed by atoms with E-state index in [9.17, 15) is 0 Å². The monoisotopic (exact) mass is 161 g/mol. The van der Waals surface area contributed by atoms with Crippen molar-refractivity contribution in [1.82, 2.24) is 0 Å². The Labute approximate surface area is 73.6 Å². The van der Waals surface area contributed by atoms with Gasteiger partial charge in [-0.25, -0.2) is 0 Å². The molecule has 1 heteroatoms. The van der Waals surface area contributed by atoms with Gasteiger partial charge in [0.25, 0.3) is 0 Å². The highest BCUT2D eigenvalue weighted by molar-refractivity contribution is 5.42. The molecule has 0 saturated heterocycles. The lowest BCUT2D eigenvalue weighted by atomic mass is 10.0. The molecule has 1 aliphatic rings. The fourth-order valence-electron chi connectivity index (χ4n) is 2.16. The molecule has 2 N–H and O–H groups in total. The molecule has 1 aliphatic carbocycles. The second kappa shape index (κ2) is 2.60. The second-order valence-corrected chi connectivity index (χ2v) is 3.79. The highest BCUT2D eigenvalue weighted by Crippen LogP contribution is 2.32. The molecule has 64 valence electrons. The molecule has 0 spiro atoms. The van der Waals surface area contributed by atoms with Crippen LogP contribution in [0, 0.1) is 13.8 Å². The molecule has 0 heterocycles. The fraction of sp³-hybridized carbons (Fsp3) is 0.455. The molecule has 0 amide bonds. The summed E-state index contributed by atoms with van der Waals surface area (Å²) in [5.74, 6) is 0. The number of fused-ring (bicyclic) bond motifs is 1. The maximum Gasteiger partial charge on any atom is 0.0300 e. The van der Waals surface area contributed by atoms with Crippen LogP contribution < -0.4 is 5.73 Å². The zero-order chi connectivity index (χ0) is 8.72. The molecule has 1 aromatic carbocycles. The maximum atomic E-state index is 5.98. The molecular weight excluding hydrogens is 146 g/mol. The van der Waals surface area contributed by atoms with Gasteiger partial charge in [0.2, 0.25) is 0 Å². The van der Waals surface area contributed by atoms with Gasteiger partial charge in [0.1, 0.15) is 0 Å². The Morgan fingerprint density at radius 1 is 1.33 bits per heavy atom. The maximum absolute atomic E-state index is 5.98. The van der Waals surface area contributed by atoms with E-state index in [1.807, 2.05) is 0 Å². The van der Waals surface area contributed by atoms with E-state index in [1.54, 1.807) is 0 Å². The fourth-order valence-corrected chi connectivity index (χ4v) is 2.16. The third-order valence-electron chi connectivity index (χ3n) is 2.76. The quantitative estimate of drug-likeness (QED) is 0.620. The molecule has 1 nitrogen and oxygen atoms in total. The van der Waals surface area contributed by atoms with E-state index in [1.165, 1.54) is 28.7 Å². The lowest BCUT2D eigenvalue weighted by Crippen LogP contribution is -2.05. The number of aryl methyl sites for hydroxylation is 2. The molecule has 0 saturated carbocycles. The van der Waals surface area contributed by atoms with Crippen LogP contribution in [-0.4, -0.2) is 0 Å². The average molecular weight is 161 g/mol. The number of hydrogen-bond donors (Lipinski definition) is 1. The zero-order valence-electron chi connectivity index (χ0n) is 7.72. The first-order chi connectivity index (χ1) is 5.68. The molecule has 2 rings (SSSR count). The summed E-state index contributed by atoms with van der Waals surface area (Å²) in [6.45, 7) is 4.32. The average Bonchev–Trinajstić information content (AvgIpc) is 2.33. The van der Waals surface area contributed by atoms with Crippen molar-refractivity contribution in [2.24, 2.45) is 5.73 Å². The van der Waals surface area contributed by atoms with Gasteiger partial charge in [-0.3, -0.25) is 0 Å². The number of benzene rings is 1. The van der Waals surface area contributed by atoms with E-state index < -0.39 is 0 Å². The third-order valence-corrected chi connectivity index (χ3v) is 2.76. The minimum Gasteiger partial charge on any atom is -0.324 e. The number of rotatable bonds is 0. The van der Waals surface area contributed by atoms with Crippen LogP contribution in [0.3, 0.4) is 0 Å². The van der Waals surface area contributed by atoms with Gasteiger partial charge in [-0.1, -0.05) is 17.7 Å². The summed E-state index contributed by atoms with van der Waals surface area (Å²) >= 11 is 0. The van der Waals surface area contributed by atoms with E-state index in [-0.39, 0.29) is 0 Å². The topological polar surface area (TPSA) is 26.0 Å². The third kappa shape index (κ3) is 1.05. The summed E-state index contributed by atoms with van der Waals surface area (Å²) in [4.78, 5) is 0. The first-order valence-electron chi connectivity index (χ1n) is 4.54. The van der Waals surface area contributed by atoms with Crippen LogP contribution in [0.2, 0.25) is 0 Å². The van der Waals surface area contributed by atoms with Crippen molar-refractivity contribution in [3.05, 3.63) is 34.4 Å². The van der Waals surface area contributed by atoms with Crippen LogP contribution in [0.1, 0.15) is 34.7 Å². The number of hydrogen-bond acceptors (Lipinski definition) is 1. The van der Waals surface area contributed by atoms with E-state index in [2.05, 4.69) is 26.0 Å². The molecule has 0 aromatic heterocycles. The van der Waals surface area contributed by atoms with Crippen LogP contribution in [0.15, 0.2) is 12.1 Å². The second-order valence-electron chi connectivity index (χ2n) is 3.79. The Hall–Kier alpha value is -0.820. The summed E-state index contributed by atoms with van der Waals surface area (Å²) in [6.07, 6.45) is 2.29. The van der Waals surface area contributed by atoms with Crippen LogP contribution in [0.5, 0.6) is 0 Å². The van der Waals surface area contributed by atoms with Crippen molar-refractivity contribution in [3.63, 3.8) is 0 Å². The minimum atomic E-state index is 0.290. The zero-order valence-corrected chi connectivity index (χ0v) is 7.72. The van der Waals surface area contributed by atoms with Crippen molar-refractivity contribution in [2.75, 3.05) is 0 Å². The van der Waals surface area contributed by atoms with Crippen LogP contribution >= 0.6 is 0 Å². The summed E-state index contributed by atoms with van der Waals surface area (Å²) in [7, 11) is 0. The van der Waals surface area contributed by atoms with Crippen molar-refractivity contribution < 1.29 is 0 Å². The van der Waals surface area contributed by atoms with Gasteiger partial charge in [0.05, 0.1) is 0 Å². The van der Waals surface area contributed by atoms with Crippen LogP contribution in [0.4, 0.5) is 0 Å². The molecule has 0 fully saturated rings. The smallest absolute Gasteiger partial charge is 0.0300 e. The first kappa shape index (κ1) is 7.81. The van der Waals surface area contributed by atoms with Crippen molar-refractivity contribution in [2.45, 2.75) is 32.7 Å². The Kier molecular flexibility index (Phi) is 1.69. The van der Waals surface area contributed by atoms with Crippen molar-refractivity contribution >= 4 is 0 Å². The molecule has 0 radical (unpaired) electrons. The molecule has 1 aromatic rings. The first-order valence-corrected chi connectivity index (χ1v) is 4.54. The van der Waals surface area contributed by atoms with Gasteiger partial charge in [-0.15, -0.1) is 0 Å². The predicted molar refractivity (Wildman–Crippen MR) is 51.2 cm³/mol. The minimum absolute atomic E-state index is 0.290. The number of nitrogens with two attached hydrogens (primary N) is 1. The van der Waals surface area contributed by atoms with E-state index in [0.717, 1.165) is 6.42 Å². The van der Waals surface area contributed by atoms with E-state index in [0.29, 0.717) is 6.04 Å². The van der Waals surface area contributed by atoms with Gasteiger partial charge in [0, 0.05) is 6.04 Å². The predicted octanol–water partition coefficient (Wildman–Crippen LogP) is 2.25. The SMILES string of the molecule is Cc1cc(C)c2c(c1)[C@@H](N)CC2. The lowest BCUT2D eigenvalue weighted by molar-refractivity contribution is 0.713. The Morgan fingerprint density at radius 3 is 2.83 bits per heavy atom. The van der Waals surface area contributed by atoms with Crippen molar-refractivity contribution in [3.8, 4) is 0 Å². The molecule has 0 aliphatic heterocycles. The van der Waals surface area contributed by atoms with Gasteiger partial charge in [-0.05, 0) is 43.4 Å². The lowest BCUT2D eigenvalue weighted by Gasteiger charge is -2.08. The van der Waals surface area contributed by atoms with Crippen LogP contribution in [0.25, 0.3) is 0 Å². The Bertz CT molecular complexity index is 315. The summed E-state index contributed by atoms with van der Waals surface area (Å²) in [6, 6.07) is 4.77. The van der Waals surface area contributed by atoms with Gasteiger partial charge in [-0.2, -0.15) is 0 Å². The van der Waals surface area contributed by atoms with E-state index >= 15 is 0 Å². The standard InChI is InChI=1S/C11H15N/c1-7-5-8(2)9-3-4-11(12)10(9)6-7/h5-6,11H,3-4,12H2,1-2H3/t11-/m0/s1.